The van der Waals surface area contributed by atoms with Gasteiger partial charge in [-0.05, 0) is 67.4 Å². The molecule has 2 aromatic heterocycles. The van der Waals surface area contributed by atoms with Gasteiger partial charge >= 0.3 is 0 Å². The summed E-state index contributed by atoms with van der Waals surface area (Å²) in [7, 11) is 0. The Bertz CT molecular complexity index is 1350. The molecule has 0 bridgehead atoms. The fourth-order valence-electron chi connectivity index (χ4n) is 4.02. The van der Waals surface area contributed by atoms with Gasteiger partial charge in [0.25, 0.3) is 5.91 Å². The predicted octanol–water partition coefficient (Wildman–Crippen LogP) is 4.41. The molecule has 0 aliphatic carbocycles. The quantitative estimate of drug-likeness (QED) is 0.525. The van der Waals surface area contributed by atoms with Crippen LogP contribution < -0.4 is 5.32 Å². The van der Waals surface area contributed by atoms with Gasteiger partial charge in [0.2, 0.25) is 0 Å². The third kappa shape index (κ3) is 3.62. The maximum Gasteiger partial charge on any atom is 0.270 e. The van der Waals surface area contributed by atoms with E-state index in [1.807, 2.05) is 46.8 Å². The highest BCUT2D eigenvalue weighted by molar-refractivity contribution is 5.99. The lowest BCUT2D eigenvalue weighted by molar-refractivity contribution is 0.0928. The van der Waals surface area contributed by atoms with Gasteiger partial charge in [-0.15, -0.1) is 0 Å². The molecule has 0 saturated carbocycles. The number of benzene rings is 2. The Morgan fingerprint density at radius 2 is 1.91 bits per heavy atom. The summed E-state index contributed by atoms with van der Waals surface area (Å²) in [6, 6.07) is 12.3. The molecule has 0 fully saturated rings. The molecule has 0 atom stereocenters. The summed E-state index contributed by atoms with van der Waals surface area (Å²) in [5, 5.41) is 2.87. The Balaban J connectivity index is 1.50. The predicted molar refractivity (Wildman–Crippen MR) is 122 cm³/mol. The molecular weight excluding hydrogens is 405 g/mol. The molecule has 0 spiro atoms. The molecule has 6 nitrogen and oxygen atoms in total. The van der Waals surface area contributed by atoms with Crippen LogP contribution >= 0.6 is 0 Å². The second kappa shape index (κ2) is 7.92. The van der Waals surface area contributed by atoms with Crippen LogP contribution in [0.5, 0.6) is 0 Å². The van der Waals surface area contributed by atoms with Gasteiger partial charge in [0.1, 0.15) is 23.0 Å². The lowest BCUT2D eigenvalue weighted by atomic mass is 10.1. The molecule has 1 aliphatic heterocycles. The molecule has 1 aliphatic rings. The van der Waals surface area contributed by atoms with E-state index in [0.717, 1.165) is 22.5 Å². The smallest absolute Gasteiger partial charge is 0.270 e. The van der Waals surface area contributed by atoms with E-state index in [-0.39, 0.29) is 11.7 Å². The van der Waals surface area contributed by atoms with Crippen LogP contribution in [0, 0.1) is 19.7 Å². The Morgan fingerprint density at radius 3 is 2.62 bits per heavy atom. The Labute approximate surface area is 185 Å². The monoisotopic (exact) mass is 427 g/mol. The highest BCUT2D eigenvalue weighted by atomic mass is 19.1. The Morgan fingerprint density at radius 1 is 1.09 bits per heavy atom. The molecule has 4 aromatic rings. The number of amides is 1. The Kier molecular flexibility index (Phi) is 4.93. The van der Waals surface area contributed by atoms with Gasteiger partial charge in [-0.3, -0.25) is 4.79 Å². The van der Waals surface area contributed by atoms with Gasteiger partial charge in [-0.1, -0.05) is 12.1 Å². The molecule has 3 heterocycles. The number of hydrogen-bond acceptors (Lipinski definition) is 3. The van der Waals surface area contributed by atoms with E-state index in [4.69, 9.17) is 4.98 Å². The maximum atomic E-state index is 13.4. The highest BCUT2D eigenvalue weighted by Crippen LogP contribution is 2.27. The average molecular weight is 427 g/mol. The van der Waals surface area contributed by atoms with Crippen LogP contribution in [-0.2, 0) is 6.54 Å². The van der Waals surface area contributed by atoms with Crippen molar-refractivity contribution in [1.82, 2.24) is 24.4 Å². The van der Waals surface area contributed by atoms with Crippen molar-refractivity contribution >= 4 is 18.1 Å². The largest absolute Gasteiger partial charge is 0.349 e. The molecule has 32 heavy (non-hydrogen) atoms. The van der Waals surface area contributed by atoms with E-state index in [1.165, 1.54) is 12.1 Å². The second-order valence-electron chi connectivity index (χ2n) is 7.88. The topological polar surface area (TPSA) is 64.7 Å². The van der Waals surface area contributed by atoms with Gasteiger partial charge in [-0.25, -0.2) is 14.4 Å². The van der Waals surface area contributed by atoms with Crippen molar-refractivity contribution in [2.24, 2.45) is 0 Å². The summed E-state index contributed by atoms with van der Waals surface area (Å²) >= 11 is 0. The fourth-order valence-corrected chi connectivity index (χ4v) is 4.02. The third-order valence-electron chi connectivity index (χ3n) is 5.59. The summed E-state index contributed by atoms with van der Waals surface area (Å²) in [5.74, 6) is 0.204. The maximum absolute atomic E-state index is 13.4. The number of carbonyl (C=O) groups is 1. The number of imidazole rings is 2. The summed E-state index contributed by atoms with van der Waals surface area (Å²) in [5.41, 5.74) is 5.98. The van der Waals surface area contributed by atoms with Crippen LogP contribution in [0.25, 0.3) is 29.1 Å². The van der Waals surface area contributed by atoms with Gasteiger partial charge < -0.3 is 14.5 Å². The zero-order valence-corrected chi connectivity index (χ0v) is 17.8. The van der Waals surface area contributed by atoms with Crippen molar-refractivity contribution in [2.75, 3.05) is 6.54 Å². The van der Waals surface area contributed by atoms with Crippen molar-refractivity contribution < 1.29 is 9.18 Å². The van der Waals surface area contributed by atoms with Crippen molar-refractivity contribution in [1.29, 1.82) is 0 Å². The standard InChI is InChI=1S/C25H22FN5O/c1-16-13-18(3-9-21(16)30-14-17(2)28-15-30)4-10-22-29-23(19-5-7-20(26)8-6-19)24-25(32)27-11-12-31(22)24/h3-10,13-15H,11-12H2,1-2H3,(H,27,32)/b10-4+. The minimum atomic E-state index is -0.323. The van der Waals surface area contributed by atoms with E-state index in [0.29, 0.717) is 35.9 Å². The summed E-state index contributed by atoms with van der Waals surface area (Å²) in [6.07, 6.45) is 7.72. The lowest BCUT2D eigenvalue weighted by Gasteiger charge is -2.17. The SMILES string of the molecule is Cc1cn(-c2ccc(/C=C/c3nc(-c4ccc(F)cc4)c4n3CCNC4=O)cc2C)cn1. The van der Waals surface area contributed by atoms with Crippen molar-refractivity contribution in [3.63, 3.8) is 0 Å². The molecule has 1 N–H and O–H groups in total. The zero-order valence-electron chi connectivity index (χ0n) is 17.8. The van der Waals surface area contributed by atoms with Crippen molar-refractivity contribution in [3.8, 4) is 16.9 Å². The van der Waals surface area contributed by atoms with Crippen molar-refractivity contribution in [2.45, 2.75) is 20.4 Å². The number of nitrogens with one attached hydrogen (secondary N) is 1. The first kappa shape index (κ1) is 19.9. The molecule has 1 amide bonds. The number of hydrogen-bond donors (Lipinski definition) is 1. The van der Waals surface area contributed by atoms with E-state index >= 15 is 0 Å². The summed E-state index contributed by atoms with van der Waals surface area (Å²) in [4.78, 5) is 21.6. The molecule has 0 saturated heterocycles. The molecule has 0 radical (unpaired) electrons. The first-order chi connectivity index (χ1) is 15.5. The number of aryl methyl sites for hydroxylation is 2. The van der Waals surface area contributed by atoms with Crippen molar-refractivity contribution in [3.05, 3.63) is 89.1 Å². The van der Waals surface area contributed by atoms with Crippen LogP contribution in [0.15, 0.2) is 55.0 Å². The third-order valence-corrected chi connectivity index (χ3v) is 5.59. The summed E-state index contributed by atoms with van der Waals surface area (Å²) in [6.45, 7) is 5.21. The minimum absolute atomic E-state index is 0.168. The van der Waals surface area contributed by atoms with Crippen LogP contribution in [0.3, 0.4) is 0 Å². The highest BCUT2D eigenvalue weighted by Gasteiger charge is 2.26. The number of fused-ring (bicyclic) bond motifs is 1. The fraction of sp³-hybridized carbons (Fsp3) is 0.160. The average Bonchev–Trinajstić information content (AvgIpc) is 3.37. The Hall–Kier alpha value is -4.00. The molecular formula is C25H22FN5O. The molecule has 2 aromatic carbocycles. The number of carbonyl (C=O) groups excluding carboxylic acids is 1. The second-order valence-corrected chi connectivity index (χ2v) is 7.88. The van der Waals surface area contributed by atoms with Gasteiger partial charge in [0.15, 0.2) is 0 Å². The molecule has 160 valence electrons. The number of halogens is 1. The van der Waals surface area contributed by atoms with Crippen LogP contribution in [-0.4, -0.2) is 31.6 Å². The van der Waals surface area contributed by atoms with E-state index < -0.39 is 0 Å². The van der Waals surface area contributed by atoms with E-state index in [2.05, 4.69) is 29.4 Å². The first-order valence-electron chi connectivity index (χ1n) is 10.4. The molecule has 0 unspecified atom stereocenters. The molecule has 5 rings (SSSR count). The minimum Gasteiger partial charge on any atom is -0.349 e. The van der Waals surface area contributed by atoms with Gasteiger partial charge in [0.05, 0.1) is 12.0 Å². The summed E-state index contributed by atoms with van der Waals surface area (Å²) < 4.78 is 17.3. The van der Waals surface area contributed by atoms with Gasteiger partial charge in [0, 0.05) is 30.5 Å². The van der Waals surface area contributed by atoms with Crippen LogP contribution in [0.1, 0.15) is 33.1 Å². The number of aromatic nitrogens is 4. The number of rotatable bonds is 4. The van der Waals surface area contributed by atoms with E-state index in [1.54, 1.807) is 12.1 Å². The van der Waals surface area contributed by atoms with E-state index in [9.17, 15) is 9.18 Å². The zero-order chi connectivity index (χ0) is 22.2. The number of nitrogens with zero attached hydrogens (tertiary/aromatic N) is 4. The normalized spacial score (nSPS) is 13.4. The first-order valence-corrected chi connectivity index (χ1v) is 10.4. The van der Waals surface area contributed by atoms with Crippen LogP contribution in [0.4, 0.5) is 4.39 Å². The van der Waals surface area contributed by atoms with Crippen LogP contribution in [0.2, 0.25) is 0 Å². The molecule has 7 heteroatoms. The van der Waals surface area contributed by atoms with Gasteiger partial charge in [-0.2, -0.15) is 0 Å². The lowest BCUT2D eigenvalue weighted by Crippen LogP contribution is -2.35.